The van der Waals surface area contributed by atoms with Gasteiger partial charge in [-0.25, -0.2) is 0 Å². The molecule has 1 aliphatic rings. The molecule has 1 aliphatic carbocycles. The maximum Gasteiger partial charge on any atom is 0.143 e. The third-order valence-corrected chi connectivity index (χ3v) is 14.3. The molecule has 3 nitrogen and oxygen atoms in total. The fourth-order valence-corrected chi connectivity index (χ4v) is 11.3. The summed E-state index contributed by atoms with van der Waals surface area (Å²) in [6.07, 6.45) is 0. The summed E-state index contributed by atoms with van der Waals surface area (Å²) in [6, 6.07) is 90.2. The Hall–Kier alpha value is -8.92. The molecule has 0 radical (unpaired) electrons. The number of para-hydroxylation sites is 1. The molecule has 0 amide bonds. The lowest BCUT2D eigenvalue weighted by Gasteiger charge is -2.35. The second kappa shape index (κ2) is 15.1. The van der Waals surface area contributed by atoms with E-state index in [9.17, 15) is 0 Å². The van der Waals surface area contributed by atoms with E-state index in [2.05, 4.69) is 241 Å². The van der Waals surface area contributed by atoms with Gasteiger partial charge in [0.15, 0.2) is 0 Å². The molecule has 0 fully saturated rings. The summed E-state index contributed by atoms with van der Waals surface area (Å²) in [7, 11) is 0. The second-order valence-corrected chi connectivity index (χ2v) is 17.9. The molecule has 0 spiro atoms. The fraction of sp³-hybridized carbons (Fsp3) is 0.0154. The largest absolute Gasteiger partial charge is 0.456 e. The molecule has 2 heterocycles. The molecule has 11 aromatic carbocycles. The Labute approximate surface area is 393 Å². The first-order valence-corrected chi connectivity index (χ1v) is 23.3. The van der Waals surface area contributed by atoms with E-state index in [0.29, 0.717) is 0 Å². The van der Waals surface area contributed by atoms with Crippen LogP contribution < -0.4 is 4.90 Å². The molecule has 318 valence electrons. The van der Waals surface area contributed by atoms with Crippen molar-refractivity contribution in [1.29, 1.82) is 0 Å². The highest BCUT2D eigenvalue weighted by molar-refractivity contribution is 6.19. The van der Waals surface area contributed by atoms with Gasteiger partial charge in [-0.1, -0.05) is 182 Å². The van der Waals surface area contributed by atoms with Gasteiger partial charge < -0.3 is 13.7 Å². The number of nitrogens with zero attached hydrogens (tertiary/aromatic N) is 1. The highest BCUT2D eigenvalue weighted by atomic mass is 16.3. The van der Waals surface area contributed by atoms with Crippen LogP contribution in [0.15, 0.2) is 258 Å². The van der Waals surface area contributed by atoms with Crippen LogP contribution >= 0.6 is 0 Å². The van der Waals surface area contributed by atoms with Gasteiger partial charge in [-0.15, -0.1) is 0 Å². The maximum absolute atomic E-state index is 6.68. The van der Waals surface area contributed by atoms with Crippen molar-refractivity contribution in [2.75, 3.05) is 4.90 Å². The molecule has 0 bridgehead atoms. The molecule has 0 N–H and O–H groups in total. The standard InChI is InChI=1S/C65H41NO2/c1-3-17-46(18-4-1)65(47-19-5-2-6-20-47)58-26-11-9-23-53(58)54-38-35-50(41-59(54)65)66(48-33-29-42(30-34-48)44-32-36-56-55-24-10-12-27-60(55)67-62(56)40-44)49-21-13-16-45(39-49)51-25-14-28-61-63(51)57-37-31-43-15-7-8-22-52(43)64(57)68-61/h1-41H. The molecule has 0 saturated carbocycles. The van der Waals surface area contributed by atoms with Gasteiger partial charge in [0.25, 0.3) is 0 Å². The van der Waals surface area contributed by atoms with Crippen molar-refractivity contribution in [2.24, 2.45) is 0 Å². The zero-order valence-corrected chi connectivity index (χ0v) is 36.9. The van der Waals surface area contributed by atoms with Gasteiger partial charge in [0.2, 0.25) is 0 Å². The smallest absolute Gasteiger partial charge is 0.143 e. The molecular weight excluding hydrogens is 827 g/mol. The van der Waals surface area contributed by atoms with Crippen molar-refractivity contribution in [2.45, 2.75) is 5.41 Å². The minimum atomic E-state index is -0.542. The van der Waals surface area contributed by atoms with Crippen molar-refractivity contribution in [3.8, 4) is 33.4 Å². The Morgan fingerprint density at radius 3 is 1.76 bits per heavy atom. The molecule has 13 aromatic rings. The van der Waals surface area contributed by atoms with Gasteiger partial charge in [-0.2, -0.15) is 0 Å². The topological polar surface area (TPSA) is 29.5 Å². The van der Waals surface area contributed by atoms with Gasteiger partial charge in [0, 0.05) is 44.0 Å². The number of anilines is 3. The van der Waals surface area contributed by atoms with Crippen molar-refractivity contribution in [3.05, 3.63) is 271 Å². The summed E-state index contributed by atoms with van der Waals surface area (Å²) >= 11 is 0. The lowest BCUT2D eigenvalue weighted by atomic mass is 9.67. The average Bonchev–Trinajstić information content (AvgIpc) is 4.08. The van der Waals surface area contributed by atoms with Crippen LogP contribution in [-0.4, -0.2) is 0 Å². The van der Waals surface area contributed by atoms with E-state index in [4.69, 9.17) is 8.83 Å². The van der Waals surface area contributed by atoms with Crippen LogP contribution in [-0.2, 0) is 5.41 Å². The first-order chi connectivity index (χ1) is 33.7. The number of hydrogen-bond donors (Lipinski definition) is 0. The van der Waals surface area contributed by atoms with Crippen molar-refractivity contribution in [1.82, 2.24) is 0 Å². The number of fused-ring (bicyclic) bond motifs is 11. The van der Waals surface area contributed by atoms with Crippen molar-refractivity contribution >= 4 is 71.7 Å². The molecule has 68 heavy (non-hydrogen) atoms. The van der Waals surface area contributed by atoms with Crippen LogP contribution in [0.1, 0.15) is 22.3 Å². The molecule has 0 saturated heterocycles. The zero-order chi connectivity index (χ0) is 44.8. The second-order valence-electron chi connectivity index (χ2n) is 17.9. The average molecular weight is 868 g/mol. The molecule has 2 aromatic heterocycles. The van der Waals surface area contributed by atoms with Crippen LogP contribution in [0.5, 0.6) is 0 Å². The van der Waals surface area contributed by atoms with Crippen LogP contribution in [0.2, 0.25) is 0 Å². The van der Waals surface area contributed by atoms with Gasteiger partial charge in [0.1, 0.15) is 22.3 Å². The summed E-state index contributed by atoms with van der Waals surface area (Å²) < 4.78 is 13.0. The Morgan fingerprint density at radius 2 is 0.926 bits per heavy atom. The lowest BCUT2D eigenvalue weighted by molar-refractivity contribution is 0.669. The molecular formula is C65H41NO2. The minimum Gasteiger partial charge on any atom is -0.456 e. The summed E-state index contributed by atoms with van der Waals surface area (Å²) in [5, 5.41) is 6.78. The quantitative estimate of drug-likeness (QED) is 0.160. The van der Waals surface area contributed by atoms with Crippen LogP contribution in [0, 0.1) is 0 Å². The number of benzene rings is 11. The Morgan fingerprint density at radius 1 is 0.309 bits per heavy atom. The van der Waals surface area contributed by atoms with E-state index in [1.807, 2.05) is 12.1 Å². The zero-order valence-electron chi connectivity index (χ0n) is 36.9. The van der Waals surface area contributed by atoms with Crippen molar-refractivity contribution < 1.29 is 8.83 Å². The summed E-state index contributed by atoms with van der Waals surface area (Å²) in [4.78, 5) is 2.42. The van der Waals surface area contributed by atoms with Gasteiger partial charge in [0.05, 0.1) is 5.41 Å². The predicted octanol–water partition coefficient (Wildman–Crippen LogP) is 17.8. The van der Waals surface area contributed by atoms with Gasteiger partial charge in [-0.05, 0) is 128 Å². The molecule has 3 heteroatoms. The van der Waals surface area contributed by atoms with E-state index in [-0.39, 0.29) is 0 Å². The Bertz CT molecular complexity index is 4050. The summed E-state index contributed by atoms with van der Waals surface area (Å²) in [5.41, 5.74) is 18.2. The van der Waals surface area contributed by atoms with Crippen molar-refractivity contribution in [3.63, 3.8) is 0 Å². The monoisotopic (exact) mass is 867 g/mol. The lowest BCUT2D eigenvalue weighted by Crippen LogP contribution is -2.28. The van der Waals surface area contributed by atoms with Gasteiger partial charge in [-0.3, -0.25) is 0 Å². The number of furan rings is 2. The van der Waals surface area contributed by atoms with E-state index >= 15 is 0 Å². The van der Waals surface area contributed by atoms with Gasteiger partial charge >= 0.3 is 0 Å². The van der Waals surface area contributed by atoms with Crippen LogP contribution in [0.25, 0.3) is 88.0 Å². The highest BCUT2D eigenvalue weighted by Crippen LogP contribution is 2.57. The minimum absolute atomic E-state index is 0.542. The Balaban J connectivity index is 0.967. The van der Waals surface area contributed by atoms with E-state index in [1.54, 1.807) is 0 Å². The first kappa shape index (κ1) is 38.4. The molecule has 0 atom stereocenters. The third kappa shape index (κ3) is 5.72. The molecule has 14 rings (SSSR count). The SMILES string of the molecule is c1ccc(C2(c3ccccc3)c3ccccc3-c3ccc(N(c4ccc(-c5ccc6c(c5)oc5ccccc56)cc4)c4cccc(-c5cccc6oc7c8ccccc8ccc7c56)c4)cc32)cc1. The number of rotatable bonds is 7. The first-order valence-electron chi connectivity index (χ1n) is 23.3. The van der Waals surface area contributed by atoms with Crippen LogP contribution in [0.4, 0.5) is 17.1 Å². The van der Waals surface area contributed by atoms with E-state index in [1.165, 1.54) is 38.8 Å². The normalized spacial score (nSPS) is 12.8. The number of hydrogen-bond acceptors (Lipinski definition) is 3. The summed E-state index contributed by atoms with van der Waals surface area (Å²) in [6.45, 7) is 0. The maximum atomic E-state index is 6.68. The highest BCUT2D eigenvalue weighted by Gasteiger charge is 2.46. The molecule has 0 aliphatic heterocycles. The van der Waals surface area contributed by atoms with E-state index in [0.717, 1.165) is 88.6 Å². The Kier molecular flexibility index (Phi) is 8.50. The van der Waals surface area contributed by atoms with Crippen LogP contribution in [0.3, 0.4) is 0 Å². The summed E-state index contributed by atoms with van der Waals surface area (Å²) in [5.74, 6) is 0. The predicted molar refractivity (Wildman–Crippen MR) is 281 cm³/mol. The van der Waals surface area contributed by atoms with E-state index < -0.39 is 5.41 Å². The molecule has 0 unspecified atom stereocenters. The third-order valence-electron chi connectivity index (χ3n) is 14.3. The fourth-order valence-electron chi connectivity index (χ4n) is 11.3.